The predicted octanol–water partition coefficient (Wildman–Crippen LogP) is 4.85. The highest BCUT2D eigenvalue weighted by Gasteiger charge is 2.19. The van der Waals surface area contributed by atoms with Gasteiger partial charge in [-0.1, -0.05) is 49.7 Å². The van der Waals surface area contributed by atoms with Crippen LogP contribution >= 0.6 is 12.2 Å². The van der Waals surface area contributed by atoms with Gasteiger partial charge in [-0.05, 0) is 60.8 Å². The van der Waals surface area contributed by atoms with Crippen molar-refractivity contribution in [3.8, 4) is 0 Å². The number of piperazine rings is 1. The average Bonchev–Trinajstić information content (AvgIpc) is 2.70. The van der Waals surface area contributed by atoms with Gasteiger partial charge in [0, 0.05) is 38.4 Å². The molecule has 2 aromatic carbocycles. The fourth-order valence-corrected chi connectivity index (χ4v) is 3.78. The summed E-state index contributed by atoms with van der Waals surface area (Å²) in [7, 11) is 0. The number of anilines is 1. The number of hydrogen-bond acceptors (Lipinski definition) is 2. The minimum atomic E-state index is 0.840. The molecule has 0 radical (unpaired) electrons. The van der Waals surface area contributed by atoms with Crippen molar-refractivity contribution in [1.29, 1.82) is 0 Å². The highest BCUT2D eigenvalue weighted by molar-refractivity contribution is 7.80. The summed E-state index contributed by atoms with van der Waals surface area (Å²) in [5.74, 6) is 0. The molecule has 2 aromatic rings. The van der Waals surface area contributed by atoms with Crippen LogP contribution in [0.2, 0.25) is 0 Å². The Labute approximate surface area is 169 Å². The normalized spacial score (nSPS) is 15.0. The monoisotopic (exact) mass is 381 g/mol. The van der Waals surface area contributed by atoms with Crippen molar-refractivity contribution in [2.45, 2.75) is 39.7 Å². The summed E-state index contributed by atoms with van der Waals surface area (Å²) in [4.78, 5) is 4.80. The second kappa shape index (κ2) is 9.86. The Morgan fingerprint density at radius 3 is 2.37 bits per heavy atom. The third kappa shape index (κ3) is 5.78. The topological polar surface area (TPSA) is 18.5 Å². The number of thiocarbonyl (C=S) groups is 1. The predicted molar refractivity (Wildman–Crippen MR) is 119 cm³/mol. The highest BCUT2D eigenvalue weighted by Crippen LogP contribution is 2.15. The molecular weight excluding hydrogens is 350 g/mol. The first kappa shape index (κ1) is 19.8. The van der Waals surface area contributed by atoms with Gasteiger partial charge in [0.05, 0.1) is 0 Å². The second-order valence-corrected chi connectivity index (χ2v) is 7.81. The fourth-order valence-electron chi connectivity index (χ4n) is 3.48. The largest absolute Gasteiger partial charge is 0.346 e. The van der Waals surface area contributed by atoms with Crippen molar-refractivity contribution in [1.82, 2.24) is 9.80 Å². The molecule has 1 saturated heterocycles. The first-order valence-electron chi connectivity index (χ1n) is 10.1. The summed E-state index contributed by atoms with van der Waals surface area (Å²) < 4.78 is 0. The van der Waals surface area contributed by atoms with Gasteiger partial charge < -0.3 is 10.2 Å². The number of nitrogens with zero attached hydrogens (tertiary/aromatic N) is 2. The average molecular weight is 382 g/mol. The summed E-state index contributed by atoms with van der Waals surface area (Å²) >= 11 is 5.64. The molecule has 0 spiro atoms. The van der Waals surface area contributed by atoms with Gasteiger partial charge in [0.2, 0.25) is 0 Å². The molecule has 0 bridgehead atoms. The molecule has 3 nitrogen and oxygen atoms in total. The summed E-state index contributed by atoms with van der Waals surface area (Å²) in [6, 6.07) is 17.4. The minimum Gasteiger partial charge on any atom is -0.346 e. The standard InChI is InChI=1S/C23H31N3S/c1-3-4-8-20-10-12-22(13-11-20)24-23(27)26-16-14-25(15-17-26)18-21-9-6-5-7-19(21)2/h5-7,9-13H,3-4,8,14-18H2,1-2H3,(H,24,27). The lowest BCUT2D eigenvalue weighted by atomic mass is 10.1. The van der Waals surface area contributed by atoms with Crippen LogP contribution in [-0.4, -0.2) is 41.1 Å². The molecule has 1 N–H and O–H groups in total. The number of nitrogens with one attached hydrogen (secondary N) is 1. The molecular formula is C23H31N3S. The number of rotatable bonds is 6. The lowest BCUT2D eigenvalue weighted by Gasteiger charge is -2.36. The molecule has 0 atom stereocenters. The van der Waals surface area contributed by atoms with Crippen molar-refractivity contribution in [2.75, 3.05) is 31.5 Å². The second-order valence-electron chi connectivity index (χ2n) is 7.42. The van der Waals surface area contributed by atoms with Crippen molar-refractivity contribution in [3.63, 3.8) is 0 Å². The Bertz CT molecular complexity index is 734. The SMILES string of the molecule is CCCCc1ccc(NC(=S)N2CCN(Cc3ccccc3C)CC2)cc1. The van der Waals surface area contributed by atoms with Gasteiger partial charge in [-0.2, -0.15) is 0 Å². The molecule has 1 aliphatic rings. The van der Waals surface area contributed by atoms with Gasteiger partial charge in [0.15, 0.2) is 5.11 Å². The van der Waals surface area contributed by atoms with E-state index in [1.807, 2.05) is 0 Å². The molecule has 0 aliphatic carbocycles. The van der Waals surface area contributed by atoms with E-state index >= 15 is 0 Å². The van der Waals surface area contributed by atoms with Crippen molar-refractivity contribution in [3.05, 3.63) is 65.2 Å². The van der Waals surface area contributed by atoms with Crippen LogP contribution in [0.25, 0.3) is 0 Å². The van der Waals surface area contributed by atoms with E-state index in [-0.39, 0.29) is 0 Å². The minimum absolute atomic E-state index is 0.840. The molecule has 0 unspecified atom stereocenters. The molecule has 0 saturated carbocycles. The lowest BCUT2D eigenvalue weighted by molar-refractivity contribution is 0.176. The van der Waals surface area contributed by atoms with Crippen LogP contribution < -0.4 is 5.32 Å². The van der Waals surface area contributed by atoms with Crippen LogP contribution in [0.5, 0.6) is 0 Å². The van der Waals surface area contributed by atoms with E-state index < -0.39 is 0 Å². The maximum atomic E-state index is 5.64. The van der Waals surface area contributed by atoms with E-state index in [1.165, 1.54) is 29.5 Å². The zero-order valence-electron chi connectivity index (χ0n) is 16.6. The van der Waals surface area contributed by atoms with Crippen LogP contribution in [0.1, 0.15) is 36.5 Å². The summed E-state index contributed by atoms with van der Waals surface area (Å²) in [6.45, 7) is 9.50. The summed E-state index contributed by atoms with van der Waals surface area (Å²) in [6.07, 6.45) is 3.64. The van der Waals surface area contributed by atoms with Gasteiger partial charge >= 0.3 is 0 Å². The fraction of sp³-hybridized carbons (Fsp3) is 0.435. The number of aryl methyl sites for hydroxylation is 2. The van der Waals surface area contributed by atoms with Gasteiger partial charge in [-0.15, -0.1) is 0 Å². The smallest absolute Gasteiger partial charge is 0.173 e. The third-order valence-corrected chi connectivity index (χ3v) is 5.70. The van der Waals surface area contributed by atoms with Gasteiger partial charge in [0.1, 0.15) is 0 Å². The van der Waals surface area contributed by atoms with E-state index in [0.29, 0.717) is 0 Å². The van der Waals surface area contributed by atoms with Crippen molar-refractivity contribution in [2.24, 2.45) is 0 Å². The van der Waals surface area contributed by atoms with Gasteiger partial charge in [-0.25, -0.2) is 0 Å². The highest BCUT2D eigenvalue weighted by atomic mass is 32.1. The van der Waals surface area contributed by atoms with E-state index in [0.717, 1.165) is 49.9 Å². The maximum absolute atomic E-state index is 5.64. The Morgan fingerprint density at radius 2 is 1.70 bits per heavy atom. The molecule has 1 heterocycles. The molecule has 0 amide bonds. The number of unbranched alkanes of at least 4 members (excludes halogenated alkanes) is 1. The third-order valence-electron chi connectivity index (χ3n) is 5.34. The Hall–Kier alpha value is -1.91. The quantitative estimate of drug-likeness (QED) is 0.721. The maximum Gasteiger partial charge on any atom is 0.173 e. The molecule has 4 heteroatoms. The summed E-state index contributed by atoms with van der Waals surface area (Å²) in [5.41, 5.74) is 5.29. The molecule has 1 aliphatic heterocycles. The van der Waals surface area contributed by atoms with Gasteiger partial charge in [0.25, 0.3) is 0 Å². The van der Waals surface area contributed by atoms with Crippen LogP contribution in [0.15, 0.2) is 48.5 Å². The van der Waals surface area contributed by atoms with E-state index in [1.54, 1.807) is 0 Å². The zero-order chi connectivity index (χ0) is 19.1. The Morgan fingerprint density at radius 1 is 1.00 bits per heavy atom. The van der Waals surface area contributed by atoms with Crippen LogP contribution in [0.4, 0.5) is 5.69 Å². The van der Waals surface area contributed by atoms with Crippen LogP contribution in [-0.2, 0) is 13.0 Å². The molecule has 3 rings (SSSR count). The Kier molecular flexibility index (Phi) is 7.25. The van der Waals surface area contributed by atoms with E-state index in [9.17, 15) is 0 Å². The Balaban J connectivity index is 1.46. The number of benzene rings is 2. The van der Waals surface area contributed by atoms with Gasteiger partial charge in [-0.3, -0.25) is 4.90 Å². The number of hydrogen-bond donors (Lipinski definition) is 1. The first-order valence-corrected chi connectivity index (χ1v) is 10.5. The van der Waals surface area contributed by atoms with Crippen molar-refractivity contribution >= 4 is 23.0 Å². The van der Waals surface area contributed by atoms with Crippen LogP contribution in [0, 0.1) is 6.92 Å². The molecule has 0 aromatic heterocycles. The summed E-state index contributed by atoms with van der Waals surface area (Å²) in [5, 5.41) is 4.25. The zero-order valence-corrected chi connectivity index (χ0v) is 17.4. The molecule has 1 fully saturated rings. The van der Waals surface area contributed by atoms with Crippen LogP contribution in [0.3, 0.4) is 0 Å². The van der Waals surface area contributed by atoms with E-state index in [2.05, 4.69) is 77.5 Å². The van der Waals surface area contributed by atoms with E-state index in [4.69, 9.17) is 12.2 Å². The molecule has 144 valence electrons. The first-order chi connectivity index (χ1) is 13.2. The lowest BCUT2D eigenvalue weighted by Crippen LogP contribution is -2.49. The van der Waals surface area contributed by atoms with Crippen molar-refractivity contribution < 1.29 is 0 Å². The molecule has 27 heavy (non-hydrogen) atoms.